The lowest BCUT2D eigenvalue weighted by Gasteiger charge is -2.32. The van der Waals surface area contributed by atoms with Crippen LogP contribution in [0.15, 0.2) is 261 Å². The molecule has 0 atom stereocenters. The Bertz CT molecular complexity index is 3270. The second-order valence-corrected chi connectivity index (χ2v) is 16.0. The minimum Gasteiger partial charge on any atom is -0.309 e. The summed E-state index contributed by atoms with van der Waals surface area (Å²) in [4.78, 5) is 2.53. The van der Waals surface area contributed by atoms with Crippen LogP contribution < -0.4 is 4.90 Å². The molecule has 0 fully saturated rings. The van der Waals surface area contributed by atoms with Crippen LogP contribution in [0.4, 0.5) is 17.1 Å². The predicted molar refractivity (Wildman–Crippen MR) is 269 cm³/mol. The van der Waals surface area contributed by atoms with Crippen LogP contribution in [0, 0.1) is 0 Å². The lowest BCUT2D eigenvalue weighted by molar-refractivity contribution is 1.30. The first-order chi connectivity index (χ1) is 31.3. The number of anilines is 3. The first kappa shape index (κ1) is 37.7. The molecule has 0 aliphatic rings. The second-order valence-electron chi connectivity index (χ2n) is 16.0. The molecule has 1 heteroatoms. The minimum absolute atomic E-state index is 1.07. The molecule has 296 valence electrons. The highest BCUT2D eigenvalue weighted by atomic mass is 15.1. The van der Waals surface area contributed by atoms with Gasteiger partial charge in [-0.05, 0) is 84.4 Å². The van der Waals surface area contributed by atoms with Gasteiger partial charge >= 0.3 is 0 Å². The van der Waals surface area contributed by atoms with E-state index in [-0.39, 0.29) is 0 Å². The van der Waals surface area contributed by atoms with E-state index >= 15 is 0 Å². The Morgan fingerprint density at radius 2 is 0.587 bits per heavy atom. The molecule has 0 amide bonds. The maximum atomic E-state index is 2.53. The van der Waals surface area contributed by atoms with Crippen LogP contribution in [0.5, 0.6) is 0 Å². The molecule has 0 aromatic heterocycles. The zero-order valence-electron chi connectivity index (χ0n) is 34.8. The third kappa shape index (κ3) is 7.06. The summed E-state index contributed by atoms with van der Waals surface area (Å²) in [6, 6.07) is 94.8. The van der Waals surface area contributed by atoms with E-state index in [1.807, 2.05) is 0 Å². The van der Waals surface area contributed by atoms with E-state index in [0.717, 1.165) is 44.9 Å². The van der Waals surface area contributed by atoms with E-state index in [0.29, 0.717) is 0 Å². The Balaban J connectivity index is 1.23. The van der Waals surface area contributed by atoms with Crippen molar-refractivity contribution in [2.24, 2.45) is 0 Å². The first-order valence-electron chi connectivity index (χ1n) is 21.7. The molecule has 0 saturated heterocycles. The van der Waals surface area contributed by atoms with E-state index in [2.05, 4.69) is 266 Å². The van der Waals surface area contributed by atoms with Crippen molar-refractivity contribution < 1.29 is 0 Å². The molecule has 0 unspecified atom stereocenters. The lowest BCUT2D eigenvalue weighted by atomic mass is 9.84. The van der Waals surface area contributed by atoms with Gasteiger partial charge in [-0.1, -0.05) is 243 Å². The maximum Gasteiger partial charge on any atom is 0.0618 e. The summed E-state index contributed by atoms with van der Waals surface area (Å²) in [5, 5.41) is 4.86. The molecule has 1 nitrogen and oxygen atoms in total. The van der Waals surface area contributed by atoms with Gasteiger partial charge in [-0.25, -0.2) is 0 Å². The van der Waals surface area contributed by atoms with Gasteiger partial charge in [0.2, 0.25) is 0 Å². The molecule has 11 aromatic carbocycles. The van der Waals surface area contributed by atoms with Crippen molar-refractivity contribution in [2.75, 3.05) is 4.90 Å². The smallest absolute Gasteiger partial charge is 0.0618 e. The van der Waals surface area contributed by atoms with E-state index in [1.165, 1.54) is 60.5 Å². The van der Waals surface area contributed by atoms with E-state index in [1.54, 1.807) is 0 Å². The van der Waals surface area contributed by atoms with Crippen LogP contribution in [0.2, 0.25) is 0 Å². The number of nitrogens with zero attached hydrogens (tertiary/aromatic N) is 1. The molecule has 0 heterocycles. The van der Waals surface area contributed by atoms with Crippen LogP contribution in [0.1, 0.15) is 0 Å². The summed E-state index contributed by atoms with van der Waals surface area (Å²) in [6.07, 6.45) is 0. The van der Waals surface area contributed by atoms with E-state index in [4.69, 9.17) is 0 Å². The van der Waals surface area contributed by atoms with Gasteiger partial charge < -0.3 is 4.90 Å². The number of benzene rings is 11. The van der Waals surface area contributed by atoms with Crippen LogP contribution in [-0.2, 0) is 0 Å². The average Bonchev–Trinajstić information content (AvgIpc) is 3.37. The second kappa shape index (κ2) is 16.7. The monoisotopic (exact) mass is 801 g/mol. The number of hydrogen-bond acceptors (Lipinski definition) is 1. The Morgan fingerprint density at radius 3 is 1.10 bits per heavy atom. The summed E-state index contributed by atoms with van der Waals surface area (Å²) >= 11 is 0. The molecule has 0 N–H and O–H groups in total. The van der Waals surface area contributed by atoms with Gasteiger partial charge in [0.15, 0.2) is 0 Å². The van der Waals surface area contributed by atoms with Crippen LogP contribution in [0.3, 0.4) is 0 Å². The zero-order chi connectivity index (χ0) is 42.0. The summed E-state index contributed by atoms with van der Waals surface area (Å²) in [6.45, 7) is 0. The van der Waals surface area contributed by atoms with Gasteiger partial charge in [0.05, 0.1) is 11.4 Å². The zero-order valence-corrected chi connectivity index (χ0v) is 34.8. The molecule has 0 saturated carbocycles. The molecular weight excluding hydrogens is 759 g/mol. The van der Waals surface area contributed by atoms with Gasteiger partial charge in [-0.2, -0.15) is 0 Å². The standard InChI is InChI=1S/C62H43N/c1-6-20-44(21-7-1)45-36-38-46(39-37-45)47-40-42-52(43-41-47)63(62-53(48-22-8-2-9-23-48)32-18-33-54(62)49-24-10-3-11-25-49)58-35-19-34-57-55-30-16-17-31-56(55)59(50-26-12-4-13-27-50)60(61(57)58)51-28-14-5-15-29-51/h1-43H. The van der Waals surface area contributed by atoms with Crippen molar-refractivity contribution in [1.82, 2.24) is 0 Å². The minimum atomic E-state index is 1.07. The molecule has 0 spiro atoms. The van der Waals surface area contributed by atoms with E-state index in [9.17, 15) is 0 Å². The largest absolute Gasteiger partial charge is 0.309 e. The first-order valence-corrected chi connectivity index (χ1v) is 21.7. The normalized spacial score (nSPS) is 11.2. The van der Waals surface area contributed by atoms with Crippen LogP contribution >= 0.6 is 0 Å². The van der Waals surface area contributed by atoms with Crippen LogP contribution in [-0.4, -0.2) is 0 Å². The van der Waals surface area contributed by atoms with Gasteiger partial charge in [-0.3, -0.25) is 0 Å². The molecule has 11 aromatic rings. The Morgan fingerprint density at radius 1 is 0.222 bits per heavy atom. The molecule has 0 aliphatic heterocycles. The SMILES string of the molecule is c1ccc(-c2ccc(-c3ccc(N(c4c(-c5ccccc5)cccc4-c4ccccc4)c4cccc5c4c(-c4ccccc4)c(-c4ccccc4)c4ccccc45)cc3)cc2)cc1. The van der Waals surface area contributed by atoms with E-state index < -0.39 is 0 Å². The number of fused-ring (bicyclic) bond motifs is 3. The Hall–Kier alpha value is -8.26. The number of para-hydroxylation sites is 1. The Kier molecular flexibility index (Phi) is 9.97. The highest BCUT2D eigenvalue weighted by Crippen LogP contribution is 2.53. The molecule has 0 bridgehead atoms. The highest BCUT2D eigenvalue weighted by Gasteiger charge is 2.27. The average molecular weight is 802 g/mol. The summed E-state index contributed by atoms with van der Waals surface area (Å²) in [7, 11) is 0. The molecule has 0 radical (unpaired) electrons. The molecule has 0 aliphatic carbocycles. The third-order valence-corrected chi connectivity index (χ3v) is 12.3. The Labute approximate surface area is 369 Å². The number of rotatable bonds is 9. The van der Waals surface area contributed by atoms with Crippen LogP contribution in [0.25, 0.3) is 88.3 Å². The third-order valence-electron chi connectivity index (χ3n) is 12.3. The quantitative estimate of drug-likeness (QED) is 0.131. The number of hydrogen-bond donors (Lipinski definition) is 0. The van der Waals surface area contributed by atoms with Crippen molar-refractivity contribution >= 4 is 38.6 Å². The summed E-state index contributed by atoms with van der Waals surface area (Å²) < 4.78 is 0. The van der Waals surface area contributed by atoms with Crippen molar-refractivity contribution in [3.8, 4) is 66.8 Å². The fourth-order valence-corrected chi connectivity index (χ4v) is 9.37. The van der Waals surface area contributed by atoms with Gasteiger partial charge in [0.1, 0.15) is 0 Å². The molecular formula is C62H43N. The van der Waals surface area contributed by atoms with Crippen molar-refractivity contribution in [1.29, 1.82) is 0 Å². The van der Waals surface area contributed by atoms with Gasteiger partial charge in [0.25, 0.3) is 0 Å². The van der Waals surface area contributed by atoms with Gasteiger partial charge in [0, 0.05) is 27.8 Å². The van der Waals surface area contributed by atoms with Crippen molar-refractivity contribution in [3.63, 3.8) is 0 Å². The fraction of sp³-hybridized carbons (Fsp3) is 0. The summed E-state index contributed by atoms with van der Waals surface area (Å²) in [5.74, 6) is 0. The van der Waals surface area contributed by atoms with Crippen molar-refractivity contribution in [2.45, 2.75) is 0 Å². The highest BCUT2D eigenvalue weighted by molar-refractivity contribution is 6.25. The topological polar surface area (TPSA) is 3.24 Å². The van der Waals surface area contributed by atoms with Crippen molar-refractivity contribution in [3.05, 3.63) is 261 Å². The van der Waals surface area contributed by atoms with Gasteiger partial charge in [-0.15, -0.1) is 0 Å². The maximum absolute atomic E-state index is 2.53. The lowest BCUT2D eigenvalue weighted by Crippen LogP contribution is -2.14. The predicted octanol–water partition coefficient (Wildman–Crippen LogP) is 17.5. The molecule has 11 rings (SSSR count). The fourth-order valence-electron chi connectivity index (χ4n) is 9.37. The summed E-state index contributed by atoms with van der Waals surface area (Å²) in [5.41, 5.74) is 17.5. The molecule has 63 heavy (non-hydrogen) atoms.